The predicted molar refractivity (Wildman–Crippen MR) is 47.5 cm³/mol. The fraction of sp³-hybridized carbons (Fsp3) is 0. The van der Waals surface area contributed by atoms with Crippen LogP contribution in [0.2, 0.25) is 0 Å². The van der Waals surface area contributed by atoms with Crippen molar-refractivity contribution < 1.29 is 86.7 Å². The van der Waals surface area contributed by atoms with E-state index >= 15 is 0 Å². The summed E-state index contributed by atoms with van der Waals surface area (Å²) in [5.41, 5.74) is 8.94. The topological polar surface area (TPSA) is 317 Å². The normalized spacial score (nSPS) is 9.43. The number of guanidine groups is 1. The standard InChI is InChI=1S/CH5N3.2Fe.3H2O4S/c2-1(3)4;;;3*1-5(2,3)4/h(H5,2,3,4);;;3*(H2,1,2,3,4)/q;2*+3;;;/p-6. The zero-order valence-electron chi connectivity index (χ0n) is 8.99. The third-order valence-corrected chi connectivity index (χ3v) is 0. The van der Waals surface area contributed by atoms with Crippen molar-refractivity contribution in [2.45, 2.75) is 0 Å². The van der Waals surface area contributed by atoms with Crippen molar-refractivity contribution in [3.63, 3.8) is 0 Å². The van der Waals surface area contributed by atoms with Gasteiger partial charge in [-0.2, -0.15) is 0 Å². The summed E-state index contributed by atoms with van der Waals surface area (Å²) in [5, 5.41) is 6.06. The number of nitrogens with two attached hydrogens (primary N) is 2. The van der Waals surface area contributed by atoms with Crippen LogP contribution in [0, 0.1) is 5.41 Å². The molecule has 0 atom stereocenters. The molecular weight excluding hydrogens is 454 g/mol. The Hall–Kier alpha value is -0.0810. The maximum Gasteiger partial charge on any atom is 3.00 e. The van der Waals surface area contributed by atoms with Crippen molar-refractivity contribution in [2.75, 3.05) is 0 Å². The molecule has 5 N–H and O–H groups in total. The molecule has 0 saturated heterocycles. The molecule has 0 aliphatic carbocycles. The van der Waals surface area contributed by atoms with Gasteiger partial charge in [-0.25, -0.2) is 0 Å². The van der Waals surface area contributed by atoms with Gasteiger partial charge in [-0.3, -0.25) is 30.7 Å². The van der Waals surface area contributed by atoms with E-state index in [4.69, 9.17) is 58.0 Å². The Morgan fingerprint density at radius 1 is 0.619 bits per heavy atom. The van der Waals surface area contributed by atoms with E-state index in [0.717, 1.165) is 0 Å². The quantitative estimate of drug-likeness (QED) is 0.100. The minimum atomic E-state index is -5.17. The van der Waals surface area contributed by atoms with Crippen LogP contribution >= 0.6 is 0 Å². The molecule has 0 aliphatic heterocycles. The van der Waals surface area contributed by atoms with Gasteiger partial charge in [0.05, 0.1) is 0 Å². The van der Waals surface area contributed by atoms with Crippen molar-refractivity contribution in [1.29, 1.82) is 5.41 Å². The van der Waals surface area contributed by atoms with Gasteiger partial charge in [0.15, 0.2) is 5.96 Å². The molecule has 20 heteroatoms. The fourth-order valence-electron chi connectivity index (χ4n) is 0. The maximum atomic E-state index is 8.52. The number of hydrogen-bond acceptors (Lipinski definition) is 13. The van der Waals surface area contributed by atoms with Gasteiger partial charge in [0.1, 0.15) is 0 Å². The fourth-order valence-corrected chi connectivity index (χ4v) is 0. The molecule has 0 heterocycles. The van der Waals surface area contributed by atoms with Gasteiger partial charge < -0.3 is 38.8 Å². The molecule has 0 aromatic heterocycles. The monoisotopic (exact) mass is 459 g/mol. The minimum Gasteiger partial charge on any atom is -0.759 e. The largest absolute Gasteiger partial charge is 3.00 e. The van der Waals surface area contributed by atoms with Crippen molar-refractivity contribution in [1.82, 2.24) is 0 Å². The van der Waals surface area contributed by atoms with Gasteiger partial charge in [0.25, 0.3) is 0 Å². The van der Waals surface area contributed by atoms with Gasteiger partial charge >= 0.3 is 34.1 Å². The molecular formula is CH5Fe2N3O12S3. The molecule has 2 radical (unpaired) electrons. The third kappa shape index (κ3) is 974000. The van der Waals surface area contributed by atoms with Crippen LogP contribution in [0.15, 0.2) is 0 Å². The Labute approximate surface area is 140 Å². The second-order valence-corrected chi connectivity index (χ2v) is 4.13. The van der Waals surface area contributed by atoms with E-state index in [1.807, 2.05) is 0 Å². The van der Waals surface area contributed by atoms with Crippen molar-refractivity contribution in [2.24, 2.45) is 11.5 Å². The van der Waals surface area contributed by atoms with E-state index < -0.39 is 31.2 Å². The first-order valence-corrected chi connectivity index (χ1v) is 6.83. The van der Waals surface area contributed by atoms with Gasteiger partial charge in [0, 0.05) is 31.2 Å². The summed E-state index contributed by atoms with van der Waals surface area (Å²) in [6.45, 7) is 0. The average Bonchev–Trinajstić information content (AvgIpc) is 1.66. The van der Waals surface area contributed by atoms with Crippen LogP contribution in [-0.4, -0.2) is 58.5 Å². The Kier molecular flexibility index (Phi) is 28.9. The van der Waals surface area contributed by atoms with E-state index in [2.05, 4.69) is 11.5 Å². The summed E-state index contributed by atoms with van der Waals surface area (Å²) < 4.78 is 102. The molecule has 0 fully saturated rings. The Bertz CT molecular complexity index is 435. The molecule has 0 rings (SSSR count). The average molecular weight is 459 g/mol. The van der Waals surface area contributed by atoms with Gasteiger partial charge in [-0.05, 0) is 0 Å². The van der Waals surface area contributed by atoms with Crippen LogP contribution in [0.1, 0.15) is 0 Å². The first-order valence-electron chi connectivity index (χ1n) is 2.83. The summed E-state index contributed by atoms with van der Waals surface area (Å²) in [6, 6.07) is 0. The zero-order chi connectivity index (χ0) is 17.1. The van der Waals surface area contributed by atoms with Crippen LogP contribution in [0.5, 0.6) is 0 Å². The molecule has 0 bridgehead atoms. The van der Waals surface area contributed by atoms with Crippen molar-refractivity contribution in [3.05, 3.63) is 0 Å². The molecule has 0 aromatic rings. The number of nitrogens with one attached hydrogen (secondary N) is 1. The molecule has 0 aliphatic rings. The third-order valence-electron chi connectivity index (χ3n) is 0. The van der Waals surface area contributed by atoms with E-state index in [0.29, 0.717) is 0 Å². The van der Waals surface area contributed by atoms with Crippen LogP contribution < -0.4 is 11.5 Å². The van der Waals surface area contributed by atoms with Crippen LogP contribution in [0.25, 0.3) is 0 Å². The number of rotatable bonds is 0. The summed E-state index contributed by atoms with van der Waals surface area (Å²) in [4.78, 5) is 0. The summed E-state index contributed by atoms with van der Waals surface area (Å²) >= 11 is 0. The zero-order valence-corrected chi connectivity index (χ0v) is 13.6. The molecule has 15 nitrogen and oxygen atoms in total. The summed E-state index contributed by atoms with van der Waals surface area (Å²) in [7, 11) is -15.5. The summed E-state index contributed by atoms with van der Waals surface area (Å²) in [6.07, 6.45) is 0. The van der Waals surface area contributed by atoms with Gasteiger partial charge in [-0.15, -0.1) is 0 Å². The van der Waals surface area contributed by atoms with Gasteiger partial charge in [-0.1, -0.05) is 0 Å². The molecule has 0 aromatic carbocycles. The molecule has 0 spiro atoms. The van der Waals surface area contributed by atoms with E-state index in [9.17, 15) is 0 Å². The van der Waals surface area contributed by atoms with Crippen LogP contribution in [0.3, 0.4) is 0 Å². The SMILES string of the molecule is N=C(N)N.O=S(=O)([O-])[O-].O=S(=O)([O-])[O-].O=S(=O)([O-])[O-].[Fe+3].[Fe+3]. The van der Waals surface area contributed by atoms with Gasteiger partial charge in [0.2, 0.25) is 0 Å². The predicted octanol–water partition coefficient (Wildman–Crippen LogP) is -5.18. The first kappa shape index (κ1) is 37.3. The Balaban J connectivity index is -0.0000000347. The van der Waals surface area contributed by atoms with E-state index in [-0.39, 0.29) is 40.1 Å². The Morgan fingerprint density at radius 2 is 0.619 bits per heavy atom. The second kappa shape index (κ2) is 16.3. The Morgan fingerprint density at radius 3 is 0.619 bits per heavy atom. The number of hydrogen-bond donors (Lipinski definition) is 3. The minimum absolute atomic E-state index is 0. The van der Waals surface area contributed by atoms with E-state index in [1.165, 1.54) is 0 Å². The molecule has 0 amide bonds. The first-order chi connectivity index (χ1) is 7.73. The summed E-state index contributed by atoms with van der Waals surface area (Å²) in [5.74, 6) is -0.333. The molecule has 21 heavy (non-hydrogen) atoms. The molecule has 130 valence electrons. The maximum absolute atomic E-state index is 8.52. The molecule has 0 unspecified atom stereocenters. The second-order valence-electron chi connectivity index (χ2n) is 1.68. The van der Waals surface area contributed by atoms with Crippen molar-refractivity contribution in [3.8, 4) is 0 Å². The van der Waals surface area contributed by atoms with Crippen molar-refractivity contribution >= 4 is 37.2 Å². The molecule has 0 saturated carbocycles. The smallest absolute Gasteiger partial charge is 0.759 e. The van der Waals surface area contributed by atoms with Crippen LogP contribution in [-0.2, 0) is 65.3 Å². The van der Waals surface area contributed by atoms with Crippen LogP contribution in [0.4, 0.5) is 0 Å². The van der Waals surface area contributed by atoms with E-state index in [1.54, 1.807) is 0 Å².